The van der Waals surface area contributed by atoms with Gasteiger partial charge in [0.15, 0.2) is 0 Å². The minimum atomic E-state index is 0.104. The van der Waals surface area contributed by atoms with Gasteiger partial charge in [0.2, 0.25) is 0 Å². The molecule has 2 aromatic rings. The molecular weight excluding hydrogens is 286 g/mol. The van der Waals surface area contributed by atoms with Crippen LogP contribution in [0.4, 0.5) is 0 Å². The molecule has 0 fully saturated rings. The first-order chi connectivity index (χ1) is 11.2. The average Bonchev–Trinajstić information content (AvgIpc) is 2.76. The summed E-state index contributed by atoms with van der Waals surface area (Å²) in [5, 5.41) is 0. The van der Waals surface area contributed by atoms with Crippen LogP contribution in [0.15, 0.2) is 36.4 Å². The van der Waals surface area contributed by atoms with E-state index in [9.17, 15) is 0 Å². The third-order valence-electron chi connectivity index (χ3n) is 4.93. The lowest BCUT2D eigenvalue weighted by Crippen LogP contribution is -2.29. The van der Waals surface area contributed by atoms with Gasteiger partial charge >= 0.3 is 0 Å². The fourth-order valence-electron chi connectivity index (χ4n) is 3.59. The minimum absolute atomic E-state index is 0.104. The van der Waals surface area contributed by atoms with Crippen LogP contribution >= 0.6 is 0 Å². The Balaban J connectivity index is 2.15. The van der Waals surface area contributed by atoms with Gasteiger partial charge in [-0.05, 0) is 65.8 Å². The van der Waals surface area contributed by atoms with Gasteiger partial charge in [0.1, 0.15) is 11.5 Å². The molecule has 3 nitrogen and oxygen atoms in total. The van der Waals surface area contributed by atoms with Crippen molar-refractivity contribution in [2.24, 2.45) is 5.73 Å². The highest BCUT2D eigenvalue weighted by molar-refractivity contribution is 5.50. The molecule has 122 valence electrons. The summed E-state index contributed by atoms with van der Waals surface area (Å²) in [5.74, 6) is 2.05. The van der Waals surface area contributed by atoms with Crippen molar-refractivity contribution in [3.63, 3.8) is 0 Å². The van der Waals surface area contributed by atoms with E-state index in [1.807, 2.05) is 12.1 Å². The number of rotatable bonds is 4. The van der Waals surface area contributed by atoms with Gasteiger partial charge in [-0.25, -0.2) is 0 Å². The van der Waals surface area contributed by atoms with Gasteiger partial charge in [0.05, 0.1) is 14.2 Å². The number of hydrogen-bond acceptors (Lipinski definition) is 3. The fraction of sp³-hybridized carbons (Fsp3) is 0.400. The van der Waals surface area contributed by atoms with Crippen LogP contribution in [0.2, 0.25) is 0 Å². The van der Waals surface area contributed by atoms with E-state index in [0.29, 0.717) is 0 Å². The Kier molecular flexibility index (Phi) is 4.58. The summed E-state index contributed by atoms with van der Waals surface area (Å²) < 4.78 is 10.8. The number of ether oxygens (including phenoxy) is 2. The molecule has 0 aliphatic heterocycles. The lowest BCUT2D eigenvalue weighted by Gasteiger charge is -2.26. The summed E-state index contributed by atoms with van der Waals surface area (Å²) >= 11 is 0. The van der Waals surface area contributed by atoms with Crippen molar-refractivity contribution in [1.29, 1.82) is 0 Å². The lowest BCUT2D eigenvalue weighted by atomic mass is 9.82. The van der Waals surface area contributed by atoms with Crippen LogP contribution in [0.25, 0.3) is 0 Å². The van der Waals surface area contributed by atoms with Gasteiger partial charge < -0.3 is 15.2 Å². The molecule has 0 saturated heterocycles. The predicted octanol–water partition coefficient (Wildman–Crippen LogP) is 3.67. The standard InChI is InChI=1S/C20H25NO2/c1-4-19(21)20-17-9-7-15(22-2)11-13(17)5-6-14-12-16(23-3)8-10-18(14)20/h7-12,19-20H,4-6,21H2,1-3H3. The first-order valence-electron chi connectivity index (χ1n) is 8.27. The second-order valence-corrected chi connectivity index (χ2v) is 6.18. The topological polar surface area (TPSA) is 44.5 Å². The molecule has 3 rings (SSSR count). The molecule has 1 aliphatic rings. The Labute approximate surface area is 138 Å². The first-order valence-corrected chi connectivity index (χ1v) is 8.27. The summed E-state index contributed by atoms with van der Waals surface area (Å²) in [6.07, 6.45) is 2.95. The predicted molar refractivity (Wildman–Crippen MR) is 93.5 cm³/mol. The van der Waals surface area contributed by atoms with Gasteiger partial charge in [0.25, 0.3) is 0 Å². The number of fused-ring (bicyclic) bond motifs is 2. The van der Waals surface area contributed by atoms with E-state index in [-0.39, 0.29) is 12.0 Å². The van der Waals surface area contributed by atoms with Gasteiger partial charge in [-0.15, -0.1) is 0 Å². The molecule has 3 heteroatoms. The van der Waals surface area contributed by atoms with Crippen LogP contribution in [-0.4, -0.2) is 20.3 Å². The van der Waals surface area contributed by atoms with Crippen LogP contribution in [-0.2, 0) is 12.8 Å². The maximum absolute atomic E-state index is 6.53. The molecule has 0 radical (unpaired) electrons. The summed E-state index contributed by atoms with van der Waals surface area (Å²) in [6, 6.07) is 12.9. The zero-order valence-corrected chi connectivity index (χ0v) is 14.1. The summed E-state index contributed by atoms with van der Waals surface area (Å²) in [6.45, 7) is 2.15. The summed E-state index contributed by atoms with van der Waals surface area (Å²) in [5.41, 5.74) is 11.9. The van der Waals surface area contributed by atoms with Crippen LogP contribution in [0.5, 0.6) is 11.5 Å². The van der Waals surface area contributed by atoms with Gasteiger partial charge in [0, 0.05) is 12.0 Å². The highest BCUT2D eigenvalue weighted by atomic mass is 16.5. The molecule has 0 spiro atoms. The maximum Gasteiger partial charge on any atom is 0.119 e. The molecule has 0 bridgehead atoms. The van der Waals surface area contributed by atoms with Crippen molar-refractivity contribution in [2.75, 3.05) is 14.2 Å². The Morgan fingerprint density at radius 3 is 1.83 bits per heavy atom. The molecule has 2 aromatic carbocycles. The maximum atomic E-state index is 6.53. The molecule has 1 atom stereocenters. The van der Waals surface area contributed by atoms with Crippen LogP contribution in [0, 0.1) is 0 Å². The highest BCUT2D eigenvalue weighted by Crippen LogP contribution is 2.39. The minimum Gasteiger partial charge on any atom is -0.497 e. The molecule has 1 aliphatic carbocycles. The van der Waals surface area contributed by atoms with Crippen molar-refractivity contribution in [1.82, 2.24) is 0 Å². The van der Waals surface area contributed by atoms with E-state index < -0.39 is 0 Å². The summed E-state index contributed by atoms with van der Waals surface area (Å²) in [7, 11) is 3.43. The van der Waals surface area contributed by atoms with E-state index in [4.69, 9.17) is 15.2 Å². The average molecular weight is 311 g/mol. The van der Waals surface area contributed by atoms with E-state index in [0.717, 1.165) is 30.8 Å². The molecule has 0 amide bonds. The molecule has 1 unspecified atom stereocenters. The Morgan fingerprint density at radius 2 is 1.43 bits per heavy atom. The number of nitrogens with two attached hydrogens (primary N) is 1. The Bertz CT molecular complexity index is 641. The molecule has 2 N–H and O–H groups in total. The number of methoxy groups -OCH3 is 2. The molecular formula is C20H25NO2. The zero-order chi connectivity index (χ0) is 16.4. The molecule has 0 aromatic heterocycles. The quantitative estimate of drug-likeness (QED) is 0.937. The zero-order valence-electron chi connectivity index (χ0n) is 14.1. The van der Waals surface area contributed by atoms with Gasteiger partial charge in [-0.3, -0.25) is 0 Å². The van der Waals surface area contributed by atoms with Gasteiger partial charge in [-0.1, -0.05) is 19.1 Å². The monoisotopic (exact) mass is 311 g/mol. The first kappa shape index (κ1) is 15.9. The third-order valence-corrected chi connectivity index (χ3v) is 4.93. The molecule has 23 heavy (non-hydrogen) atoms. The lowest BCUT2D eigenvalue weighted by molar-refractivity contribution is 0.414. The smallest absolute Gasteiger partial charge is 0.119 e. The fourth-order valence-corrected chi connectivity index (χ4v) is 3.59. The second-order valence-electron chi connectivity index (χ2n) is 6.18. The number of aryl methyl sites for hydroxylation is 2. The third kappa shape index (κ3) is 2.93. The van der Waals surface area contributed by atoms with Crippen molar-refractivity contribution in [2.45, 2.75) is 38.1 Å². The van der Waals surface area contributed by atoms with Crippen molar-refractivity contribution < 1.29 is 9.47 Å². The normalized spacial score (nSPS) is 15.3. The van der Waals surface area contributed by atoms with Crippen molar-refractivity contribution in [3.05, 3.63) is 58.7 Å². The Morgan fingerprint density at radius 1 is 0.957 bits per heavy atom. The van der Waals surface area contributed by atoms with Crippen LogP contribution in [0.1, 0.15) is 41.5 Å². The van der Waals surface area contributed by atoms with E-state index in [1.54, 1.807) is 14.2 Å². The second kappa shape index (κ2) is 6.63. The van der Waals surface area contributed by atoms with E-state index in [2.05, 4.69) is 31.2 Å². The summed E-state index contributed by atoms with van der Waals surface area (Å²) in [4.78, 5) is 0. The highest BCUT2D eigenvalue weighted by Gasteiger charge is 2.28. The van der Waals surface area contributed by atoms with Crippen LogP contribution in [0.3, 0.4) is 0 Å². The van der Waals surface area contributed by atoms with E-state index in [1.165, 1.54) is 22.3 Å². The van der Waals surface area contributed by atoms with Gasteiger partial charge in [-0.2, -0.15) is 0 Å². The van der Waals surface area contributed by atoms with E-state index >= 15 is 0 Å². The SMILES string of the molecule is CCC(N)C1c2ccc(OC)cc2CCc2cc(OC)ccc21. The molecule has 0 saturated carbocycles. The van der Waals surface area contributed by atoms with Crippen LogP contribution < -0.4 is 15.2 Å². The molecule has 0 heterocycles. The largest absolute Gasteiger partial charge is 0.497 e. The number of hydrogen-bond donors (Lipinski definition) is 1. The van der Waals surface area contributed by atoms with Crippen molar-refractivity contribution in [3.8, 4) is 11.5 Å². The Hall–Kier alpha value is -2.00. The van der Waals surface area contributed by atoms with Crippen molar-refractivity contribution >= 4 is 0 Å². The number of benzene rings is 2.